The van der Waals surface area contributed by atoms with Crippen molar-refractivity contribution in [1.29, 1.82) is 0 Å². The average molecular weight is 785 g/mol. The van der Waals surface area contributed by atoms with E-state index in [2.05, 4.69) is 69.4 Å². The lowest BCUT2D eigenvalue weighted by Gasteiger charge is -2.18. The smallest absolute Gasteiger partial charge is 0.306 e. The molecule has 0 amide bonds. The van der Waals surface area contributed by atoms with Gasteiger partial charge in [-0.2, -0.15) is 0 Å². The number of rotatable bonds is 42. The van der Waals surface area contributed by atoms with E-state index in [4.69, 9.17) is 14.2 Å². The van der Waals surface area contributed by atoms with E-state index in [-0.39, 0.29) is 31.1 Å². The molecular weight excluding hydrogens is 697 g/mol. The molecule has 0 spiro atoms. The lowest BCUT2D eigenvalue weighted by atomic mass is 10.1. The fraction of sp³-hybridized carbons (Fsp3) is 0.780. The second-order valence-electron chi connectivity index (χ2n) is 15.6. The maximum Gasteiger partial charge on any atom is 0.306 e. The lowest BCUT2D eigenvalue weighted by molar-refractivity contribution is -0.167. The number of carbonyl (C=O) groups is 3. The molecule has 0 aromatic rings. The van der Waals surface area contributed by atoms with Gasteiger partial charge in [-0.1, -0.05) is 185 Å². The van der Waals surface area contributed by atoms with Crippen LogP contribution in [0.15, 0.2) is 48.6 Å². The van der Waals surface area contributed by atoms with Crippen molar-refractivity contribution in [3.8, 4) is 0 Å². The lowest BCUT2D eigenvalue weighted by Crippen LogP contribution is -2.30. The molecule has 1 atom stereocenters. The standard InChI is InChI=1S/C50H88O6/c1-4-7-10-13-16-19-21-23-24-25-27-28-31-34-37-40-43-49(52)55-46-47(45-54-48(51)42-39-36-33-30-18-15-12-9-6-3)56-50(53)44-41-38-35-32-29-26-22-20-17-14-11-8-5-2/h7,10,16,19,23-24,26,29,47H,4-6,8-9,11-15,17-18,20-22,25,27-28,30-46H2,1-3H3/b10-7-,19-16-,24-23-,29-26-. The van der Waals surface area contributed by atoms with Gasteiger partial charge in [0.15, 0.2) is 6.10 Å². The summed E-state index contributed by atoms with van der Waals surface area (Å²) in [6.45, 7) is 6.47. The minimum atomic E-state index is -0.781. The van der Waals surface area contributed by atoms with Gasteiger partial charge in [0, 0.05) is 19.3 Å². The Kier molecular flexibility index (Phi) is 43.0. The van der Waals surface area contributed by atoms with E-state index in [1.807, 2.05) is 0 Å². The Bertz CT molecular complexity index is 996. The van der Waals surface area contributed by atoms with Gasteiger partial charge < -0.3 is 14.2 Å². The highest BCUT2D eigenvalue weighted by molar-refractivity contribution is 5.71. The maximum atomic E-state index is 12.7. The second kappa shape index (κ2) is 45.1. The fourth-order valence-corrected chi connectivity index (χ4v) is 6.51. The molecule has 0 aromatic heterocycles. The highest BCUT2D eigenvalue weighted by Crippen LogP contribution is 2.14. The second-order valence-corrected chi connectivity index (χ2v) is 15.6. The molecule has 6 heteroatoms. The zero-order valence-electron chi connectivity index (χ0n) is 36.9. The van der Waals surface area contributed by atoms with E-state index in [1.54, 1.807) is 0 Å². The first kappa shape index (κ1) is 53.4. The first-order valence-electron chi connectivity index (χ1n) is 23.6. The third-order valence-corrected chi connectivity index (χ3v) is 10.1. The summed E-state index contributed by atoms with van der Waals surface area (Å²) >= 11 is 0. The Balaban J connectivity index is 4.38. The van der Waals surface area contributed by atoms with Crippen LogP contribution in [0, 0.1) is 0 Å². The van der Waals surface area contributed by atoms with Crippen LogP contribution in [0.3, 0.4) is 0 Å². The SMILES string of the molecule is CC/C=C\C/C=C\C/C=C\CCCCCCCCC(=O)OCC(COC(=O)CCCCCCCCCCC)OC(=O)CCCCC/C=C\CCCCCCCC. The van der Waals surface area contributed by atoms with Crippen LogP contribution in [0.2, 0.25) is 0 Å². The largest absolute Gasteiger partial charge is 0.462 e. The van der Waals surface area contributed by atoms with Crippen molar-refractivity contribution in [2.24, 2.45) is 0 Å². The third-order valence-electron chi connectivity index (χ3n) is 10.1. The molecule has 0 saturated heterocycles. The third kappa shape index (κ3) is 42.5. The summed E-state index contributed by atoms with van der Waals surface area (Å²) in [6.07, 6.45) is 52.4. The minimum Gasteiger partial charge on any atom is -0.462 e. The van der Waals surface area contributed by atoms with E-state index in [9.17, 15) is 14.4 Å². The summed E-state index contributed by atoms with van der Waals surface area (Å²) in [5.74, 6) is -0.913. The van der Waals surface area contributed by atoms with E-state index >= 15 is 0 Å². The molecule has 0 aliphatic rings. The Labute approximate surface area is 346 Å². The zero-order chi connectivity index (χ0) is 40.8. The van der Waals surface area contributed by atoms with Crippen molar-refractivity contribution < 1.29 is 28.6 Å². The zero-order valence-corrected chi connectivity index (χ0v) is 36.9. The molecule has 0 heterocycles. The monoisotopic (exact) mass is 785 g/mol. The van der Waals surface area contributed by atoms with Crippen LogP contribution in [0.25, 0.3) is 0 Å². The van der Waals surface area contributed by atoms with Gasteiger partial charge in [0.1, 0.15) is 13.2 Å². The van der Waals surface area contributed by atoms with Gasteiger partial charge in [-0.3, -0.25) is 14.4 Å². The summed E-state index contributed by atoms with van der Waals surface area (Å²) in [5, 5.41) is 0. The summed E-state index contributed by atoms with van der Waals surface area (Å²) in [5.41, 5.74) is 0. The van der Waals surface area contributed by atoms with Crippen LogP contribution in [0.4, 0.5) is 0 Å². The van der Waals surface area contributed by atoms with E-state index in [0.717, 1.165) is 96.3 Å². The van der Waals surface area contributed by atoms with Gasteiger partial charge in [-0.25, -0.2) is 0 Å². The average Bonchev–Trinajstić information content (AvgIpc) is 3.19. The van der Waals surface area contributed by atoms with Crippen LogP contribution in [-0.4, -0.2) is 37.2 Å². The Morgan fingerprint density at radius 1 is 0.375 bits per heavy atom. The molecule has 0 radical (unpaired) electrons. The molecule has 0 saturated carbocycles. The van der Waals surface area contributed by atoms with Gasteiger partial charge >= 0.3 is 17.9 Å². The normalized spacial score (nSPS) is 12.4. The highest BCUT2D eigenvalue weighted by Gasteiger charge is 2.19. The minimum absolute atomic E-state index is 0.0821. The van der Waals surface area contributed by atoms with E-state index in [0.29, 0.717) is 19.3 Å². The first-order chi connectivity index (χ1) is 27.5. The summed E-state index contributed by atoms with van der Waals surface area (Å²) in [4.78, 5) is 37.7. The maximum absolute atomic E-state index is 12.7. The number of allylic oxidation sites excluding steroid dienone is 8. The van der Waals surface area contributed by atoms with Crippen LogP contribution >= 0.6 is 0 Å². The predicted octanol–water partition coefficient (Wildman–Crippen LogP) is 15.1. The van der Waals surface area contributed by atoms with Crippen LogP contribution in [0.5, 0.6) is 0 Å². The Morgan fingerprint density at radius 2 is 0.696 bits per heavy atom. The molecule has 324 valence electrons. The molecule has 0 aliphatic heterocycles. The van der Waals surface area contributed by atoms with Crippen molar-refractivity contribution in [3.05, 3.63) is 48.6 Å². The molecule has 0 aliphatic carbocycles. The molecule has 56 heavy (non-hydrogen) atoms. The van der Waals surface area contributed by atoms with E-state index in [1.165, 1.54) is 96.3 Å². The molecule has 6 nitrogen and oxygen atoms in total. The van der Waals surface area contributed by atoms with E-state index < -0.39 is 6.10 Å². The van der Waals surface area contributed by atoms with Gasteiger partial charge in [-0.15, -0.1) is 0 Å². The predicted molar refractivity (Wildman–Crippen MR) is 238 cm³/mol. The number of ether oxygens (including phenoxy) is 3. The Morgan fingerprint density at radius 3 is 1.12 bits per heavy atom. The number of carbonyl (C=O) groups excluding carboxylic acids is 3. The van der Waals surface area contributed by atoms with Gasteiger partial charge in [0.05, 0.1) is 0 Å². The summed E-state index contributed by atoms with van der Waals surface area (Å²) < 4.78 is 16.7. The molecular formula is C50H88O6. The summed E-state index contributed by atoms with van der Waals surface area (Å²) in [7, 11) is 0. The van der Waals surface area contributed by atoms with Crippen molar-refractivity contribution >= 4 is 17.9 Å². The topological polar surface area (TPSA) is 78.9 Å². The van der Waals surface area contributed by atoms with Gasteiger partial charge in [-0.05, 0) is 77.0 Å². The van der Waals surface area contributed by atoms with Crippen molar-refractivity contribution in [2.45, 2.75) is 239 Å². The number of hydrogen-bond acceptors (Lipinski definition) is 6. The van der Waals surface area contributed by atoms with Crippen molar-refractivity contribution in [2.75, 3.05) is 13.2 Å². The van der Waals surface area contributed by atoms with Crippen LogP contribution in [0.1, 0.15) is 233 Å². The quantitative estimate of drug-likeness (QED) is 0.0265. The molecule has 1 unspecified atom stereocenters. The number of unbranched alkanes of at least 4 members (excludes halogenated alkanes) is 23. The molecule has 0 N–H and O–H groups in total. The number of hydrogen-bond donors (Lipinski definition) is 0. The van der Waals surface area contributed by atoms with Crippen molar-refractivity contribution in [3.63, 3.8) is 0 Å². The molecule has 0 fully saturated rings. The number of esters is 3. The molecule has 0 aromatic carbocycles. The molecule has 0 bridgehead atoms. The van der Waals surface area contributed by atoms with Crippen LogP contribution in [-0.2, 0) is 28.6 Å². The highest BCUT2D eigenvalue weighted by atomic mass is 16.6. The van der Waals surface area contributed by atoms with Gasteiger partial charge in [0.2, 0.25) is 0 Å². The fourth-order valence-electron chi connectivity index (χ4n) is 6.51. The van der Waals surface area contributed by atoms with Crippen LogP contribution < -0.4 is 0 Å². The van der Waals surface area contributed by atoms with Gasteiger partial charge in [0.25, 0.3) is 0 Å². The molecule has 0 rings (SSSR count). The summed E-state index contributed by atoms with van der Waals surface area (Å²) in [6, 6.07) is 0. The Hall–Kier alpha value is -2.63. The van der Waals surface area contributed by atoms with Crippen molar-refractivity contribution in [1.82, 2.24) is 0 Å². The first-order valence-corrected chi connectivity index (χ1v) is 23.6.